The minimum atomic E-state index is -1.30. The molecule has 0 radical (unpaired) electrons. The highest BCUT2D eigenvalue weighted by Gasteiger charge is 2.70. The van der Waals surface area contributed by atoms with Gasteiger partial charge in [0.2, 0.25) is 17.7 Å². The second kappa shape index (κ2) is 8.85. The van der Waals surface area contributed by atoms with Gasteiger partial charge in [-0.05, 0) is 54.2 Å². The quantitative estimate of drug-likeness (QED) is 0.457. The number of hydrogen-bond acceptors (Lipinski definition) is 5. The van der Waals surface area contributed by atoms with Crippen LogP contribution in [-0.4, -0.2) is 40.3 Å². The zero-order chi connectivity index (χ0) is 25.7. The summed E-state index contributed by atoms with van der Waals surface area (Å²) in [7, 11) is 0. The van der Waals surface area contributed by atoms with Crippen molar-refractivity contribution in [3.05, 3.63) is 95.1 Å². The number of aryl methyl sites for hydroxylation is 1. The summed E-state index contributed by atoms with van der Waals surface area (Å²) in [6.45, 7) is 2.33. The Labute approximate surface area is 215 Å². The van der Waals surface area contributed by atoms with Crippen molar-refractivity contribution in [2.75, 3.05) is 11.9 Å². The van der Waals surface area contributed by atoms with Crippen molar-refractivity contribution >= 4 is 23.4 Å². The lowest BCUT2D eigenvalue weighted by Crippen LogP contribution is -2.53. The number of fused-ring (bicyclic) bond motifs is 4. The molecule has 0 saturated carbocycles. The van der Waals surface area contributed by atoms with E-state index < -0.39 is 23.4 Å². The number of imide groups is 1. The molecule has 6 rings (SSSR count). The fourth-order valence-corrected chi connectivity index (χ4v) is 6.30. The summed E-state index contributed by atoms with van der Waals surface area (Å²) in [5.74, 6) is -2.15. The van der Waals surface area contributed by atoms with E-state index in [0.717, 1.165) is 28.7 Å². The molecular weight excluding hydrogens is 466 g/mol. The normalized spacial score (nSPS) is 26.0. The zero-order valence-corrected chi connectivity index (χ0v) is 20.6. The van der Waals surface area contributed by atoms with Crippen molar-refractivity contribution < 1.29 is 19.5 Å². The smallest absolute Gasteiger partial charge is 0.250 e. The van der Waals surface area contributed by atoms with Gasteiger partial charge in [-0.3, -0.25) is 24.6 Å². The van der Waals surface area contributed by atoms with Crippen molar-refractivity contribution in [1.29, 1.82) is 0 Å². The van der Waals surface area contributed by atoms with Crippen molar-refractivity contribution in [2.24, 2.45) is 11.8 Å². The van der Waals surface area contributed by atoms with Gasteiger partial charge < -0.3 is 10.4 Å². The first kappa shape index (κ1) is 23.4. The van der Waals surface area contributed by atoms with E-state index in [1.54, 1.807) is 12.1 Å². The number of nitrogens with one attached hydrogen (secondary N) is 2. The Morgan fingerprint density at radius 3 is 2.35 bits per heavy atom. The zero-order valence-electron chi connectivity index (χ0n) is 20.6. The SMILES string of the molecule is CCc1ccc2c(c1)C1(NC(Cc3ccc(O)cc3)C3C(=O)N(CCc4ccccc4)C(=O)C31)C(=O)N2. The van der Waals surface area contributed by atoms with Crippen LogP contribution < -0.4 is 10.6 Å². The van der Waals surface area contributed by atoms with Crippen LogP contribution in [0.25, 0.3) is 0 Å². The Balaban J connectivity index is 1.41. The number of aromatic hydroxyl groups is 1. The topological polar surface area (TPSA) is 98.7 Å². The van der Waals surface area contributed by atoms with E-state index >= 15 is 0 Å². The van der Waals surface area contributed by atoms with Gasteiger partial charge >= 0.3 is 0 Å². The molecule has 3 amide bonds. The number of phenolic OH excluding ortho intramolecular Hbond substituents is 1. The molecule has 1 spiro atoms. The highest BCUT2D eigenvalue weighted by atomic mass is 16.3. The van der Waals surface area contributed by atoms with Gasteiger partial charge in [0.15, 0.2) is 0 Å². The molecule has 3 heterocycles. The van der Waals surface area contributed by atoms with Crippen LogP contribution in [0.5, 0.6) is 5.75 Å². The van der Waals surface area contributed by atoms with Crippen LogP contribution in [0.1, 0.15) is 29.2 Å². The largest absolute Gasteiger partial charge is 0.508 e. The number of phenols is 1. The number of benzene rings is 3. The highest BCUT2D eigenvalue weighted by molar-refractivity contribution is 6.15. The van der Waals surface area contributed by atoms with Gasteiger partial charge in [0.1, 0.15) is 11.3 Å². The van der Waals surface area contributed by atoms with Crippen LogP contribution in [0.3, 0.4) is 0 Å². The van der Waals surface area contributed by atoms with Crippen LogP contribution in [0.4, 0.5) is 5.69 Å². The third-order valence-electron chi connectivity index (χ3n) is 8.14. The molecule has 3 N–H and O–H groups in total. The number of amides is 3. The molecule has 0 aromatic heterocycles. The maximum atomic E-state index is 14.0. The van der Waals surface area contributed by atoms with Crippen molar-refractivity contribution in [3.63, 3.8) is 0 Å². The molecule has 188 valence electrons. The van der Waals surface area contributed by atoms with E-state index in [9.17, 15) is 19.5 Å². The molecule has 4 atom stereocenters. The van der Waals surface area contributed by atoms with Gasteiger partial charge in [-0.2, -0.15) is 0 Å². The fourth-order valence-electron chi connectivity index (χ4n) is 6.30. The average Bonchev–Trinajstić information content (AvgIpc) is 3.48. The van der Waals surface area contributed by atoms with Crippen LogP contribution >= 0.6 is 0 Å². The summed E-state index contributed by atoms with van der Waals surface area (Å²) < 4.78 is 0. The number of rotatable bonds is 6. The second-order valence-corrected chi connectivity index (χ2v) is 10.2. The molecule has 2 saturated heterocycles. The predicted octanol–water partition coefficient (Wildman–Crippen LogP) is 3.16. The van der Waals surface area contributed by atoms with Gasteiger partial charge in [0, 0.05) is 23.8 Å². The average molecular weight is 496 g/mol. The minimum Gasteiger partial charge on any atom is -0.508 e. The third kappa shape index (κ3) is 3.64. The Morgan fingerprint density at radius 2 is 1.62 bits per heavy atom. The van der Waals surface area contributed by atoms with Crippen LogP contribution in [-0.2, 0) is 39.2 Å². The summed E-state index contributed by atoms with van der Waals surface area (Å²) in [4.78, 5) is 42.9. The molecule has 0 bridgehead atoms. The first-order valence-corrected chi connectivity index (χ1v) is 12.8. The molecule has 7 heteroatoms. The lowest BCUT2D eigenvalue weighted by Gasteiger charge is -2.30. The molecule has 0 aliphatic carbocycles. The lowest BCUT2D eigenvalue weighted by molar-refractivity contribution is -0.142. The molecule has 3 aliphatic heterocycles. The number of hydrogen-bond donors (Lipinski definition) is 3. The van der Waals surface area contributed by atoms with Crippen molar-refractivity contribution in [3.8, 4) is 5.75 Å². The standard InChI is InChI=1S/C30H29N3O4/c1-2-18-10-13-23-22(16-18)30(29(37)31-23)26-25(24(32-30)17-20-8-11-21(34)12-9-20)27(35)33(28(26)36)15-14-19-6-4-3-5-7-19/h3-13,16,24-26,32,34H,2,14-15,17H2,1H3,(H,31,37). The third-order valence-corrected chi connectivity index (χ3v) is 8.14. The van der Waals surface area contributed by atoms with Gasteiger partial charge in [-0.25, -0.2) is 0 Å². The maximum Gasteiger partial charge on any atom is 0.250 e. The van der Waals surface area contributed by atoms with Gasteiger partial charge in [-0.1, -0.05) is 61.5 Å². The predicted molar refractivity (Wildman–Crippen MR) is 139 cm³/mol. The van der Waals surface area contributed by atoms with E-state index in [0.29, 0.717) is 18.5 Å². The van der Waals surface area contributed by atoms with E-state index in [4.69, 9.17) is 0 Å². The number of likely N-dealkylation sites (tertiary alicyclic amines) is 1. The maximum absolute atomic E-state index is 14.0. The summed E-state index contributed by atoms with van der Waals surface area (Å²) in [5.41, 5.74) is 3.14. The van der Waals surface area contributed by atoms with E-state index in [1.165, 1.54) is 4.90 Å². The molecule has 4 unspecified atom stereocenters. The highest BCUT2D eigenvalue weighted by Crippen LogP contribution is 2.53. The van der Waals surface area contributed by atoms with Crippen LogP contribution in [0.15, 0.2) is 72.8 Å². The van der Waals surface area contributed by atoms with Gasteiger partial charge in [-0.15, -0.1) is 0 Å². The second-order valence-electron chi connectivity index (χ2n) is 10.2. The van der Waals surface area contributed by atoms with E-state index in [2.05, 4.69) is 10.6 Å². The van der Waals surface area contributed by atoms with Crippen molar-refractivity contribution in [1.82, 2.24) is 10.2 Å². The monoisotopic (exact) mass is 495 g/mol. The number of nitrogens with zero attached hydrogens (tertiary/aromatic N) is 1. The molecule has 2 fully saturated rings. The summed E-state index contributed by atoms with van der Waals surface area (Å²) in [6.07, 6.45) is 1.80. The summed E-state index contributed by atoms with van der Waals surface area (Å²) in [5, 5.41) is 16.2. The van der Waals surface area contributed by atoms with E-state index in [1.807, 2.05) is 67.6 Å². The summed E-state index contributed by atoms with van der Waals surface area (Å²) in [6, 6.07) is 22.0. The number of carbonyl (C=O) groups excluding carboxylic acids is 3. The van der Waals surface area contributed by atoms with Crippen LogP contribution in [0.2, 0.25) is 0 Å². The Kier molecular flexibility index (Phi) is 5.60. The van der Waals surface area contributed by atoms with Gasteiger partial charge in [0.05, 0.1) is 11.8 Å². The van der Waals surface area contributed by atoms with Crippen LogP contribution in [0, 0.1) is 11.8 Å². The summed E-state index contributed by atoms with van der Waals surface area (Å²) >= 11 is 0. The first-order chi connectivity index (χ1) is 17.9. The molecule has 3 aliphatic rings. The fraction of sp³-hybridized carbons (Fsp3) is 0.300. The first-order valence-electron chi connectivity index (χ1n) is 12.8. The Morgan fingerprint density at radius 1 is 0.892 bits per heavy atom. The van der Waals surface area contributed by atoms with Gasteiger partial charge in [0.25, 0.3) is 0 Å². The number of anilines is 1. The van der Waals surface area contributed by atoms with Crippen molar-refractivity contribution in [2.45, 2.75) is 37.8 Å². The Hall–Kier alpha value is -3.97. The Bertz CT molecular complexity index is 1390. The lowest BCUT2D eigenvalue weighted by atomic mass is 9.76. The molecular formula is C30H29N3O4. The molecule has 7 nitrogen and oxygen atoms in total. The van der Waals surface area contributed by atoms with E-state index in [-0.39, 0.29) is 30.0 Å². The molecule has 3 aromatic carbocycles. The minimum absolute atomic E-state index is 0.160. The molecule has 37 heavy (non-hydrogen) atoms. The number of carbonyl (C=O) groups is 3. The molecule has 3 aromatic rings.